The number of aliphatic carboxylic acids is 1. The first kappa shape index (κ1) is 14.7. The lowest BCUT2D eigenvalue weighted by molar-refractivity contribution is -0.139. The lowest BCUT2D eigenvalue weighted by Gasteiger charge is -2.30. The molecule has 0 aromatic rings. The van der Waals surface area contributed by atoms with E-state index in [4.69, 9.17) is 9.84 Å². The van der Waals surface area contributed by atoms with E-state index in [1.807, 2.05) is 7.05 Å². The molecule has 7 heteroatoms. The number of hydrogen-bond acceptors (Lipinski definition) is 4. The summed E-state index contributed by atoms with van der Waals surface area (Å²) in [6.07, 6.45) is 0.310. The van der Waals surface area contributed by atoms with Gasteiger partial charge in [0.15, 0.2) is 0 Å². The zero-order valence-electron chi connectivity index (χ0n) is 10.8. The molecule has 1 saturated heterocycles. The fourth-order valence-corrected chi connectivity index (χ4v) is 1.74. The van der Waals surface area contributed by atoms with Crippen LogP contribution in [0.25, 0.3) is 0 Å². The summed E-state index contributed by atoms with van der Waals surface area (Å²) in [6, 6.07) is -1.32. The number of carbonyl (C=O) groups excluding carboxylic acids is 1. The van der Waals surface area contributed by atoms with Crippen molar-refractivity contribution in [2.45, 2.75) is 25.5 Å². The molecule has 0 aliphatic carbocycles. The van der Waals surface area contributed by atoms with Gasteiger partial charge in [0.1, 0.15) is 6.04 Å². The third-order valence-corrected chi connectivity index (χ3v) is 2.84. The normalized spacial score (nSPS) is 22.2. The average molecular weight is 259 g/mol. The quantitative estimate of drug-likeness (QED) is 0.618. The van der Waals surface area contributed by atoms with E-state index in [1.54, 1.807) is 6.92 Å². The van der Waals surface area contributed by atoms with Gasteiger partial charge in [-0.25, -0.2) is 9.59 Å². The number of amides is 2. The number of hydrogen-bond donors (Lipinski definition) is 3. The van der Waals surface area contributed by atoms with Crippen LogP contribution < -0.4 is 10.6 Å². The predicted octanol–water partition coefficient (Wildman–Crippen LogP) is -0.521. The van der Waals surface area contributed by atoms with Crippen LogP contribution in [0, 0.1) is 0 Å². The van der Waals surface area contributed by atoms with Gasteiger partial charge in [-0.1, -0.05) is 6.92 Å². The van der Waals surface area contributed by atoms with E-state index in [-0.39, 0.29) is 6.10 Å². The van der Waals surface area contributed by atoms with Gasteiger partial charge in [0.05, 0.1) is 12.7 Å². The molecule has 0 saturated carbocycles. The van der Waals surface area contributed by atoms with Crippen LogP contribution in [0.15, 0.2) is 0 Å². The van der Waals surface area contributed by atoms with Gasteiger partial charge in [0, 0.05) is 19.6 Å². The number of nitrogens with one attached hydrogen (secondary N) is 2. The van der Waals surface area contributed by atoms with Crippen molar-refractivity contribution < 1.29 is 19.4 Å². The molecule has 0 aromatic carbocycles. The molecule has 0 spiro atoms. The highest BCUT2D eigenvalue weighted by molar-refractivity contribution is 5.82. The van der Waals surface area contributed by atoms with Gasteiger partial charge in [-0.05, 0) is 13.5 Å². The van der Waals surface area contributed by atoms with Gasteiger partial charge in [-0.3, -0.25) is 0 Å². The third-order valence-electron chi connectivity index (χ3n) is 2.84. The van der Waals surface area contributed by atoms with Crippen LogP contribution in [0.3, 0.4) is 0 Å². The van der Waals surface area contributed by atoms with Crippen LogP contribution in [0.4, 0.5) is 4.79 Å². The molecule has 18 heavy (non-hydrogen) atoms. The summed E-state index contributed by atoms with van der Waals surface area (Å²) in [7, 11) is 1.99. The lowest BCUT2D eigenvalue weighted by atomic mass is 10.2. The zero-order valence-corrected chi connectivity index (χ0v) is 10.8. The Labute approximate surface area is 106 Å². The molecule has 1 aliphatic rings. The number of urea groups is 1. The van der Waals surface area contributed by atoms with Gasteiger partial charge >= 0.3 is 12.0 Å². The van der Waals surface area contributed by atoms with Gasteiger partial charge in [0.2, 0.25) is 0 Å². The second-order valence-corrected chi connectivity index (χ2v) is 4.41. The third kappa shape index (κ3) is 4.89. The maximum absolute atomic E-state index is 11.5. The van der Waals surface area contributed by atoms with Gasteiger partial charge in [-0.15, -0.1) is 0 Å². The van der Waals surface area contributed by atoms with Crippen molar-refractivity contribution in [1.82, 2.24) is 15.5 Å². The molecule has 1 unspecified atom stereocenters. The summed E-state index contributed by atoms with van der Waals surface area (Å²) in [4.78, 5) is 24.4. The Morgan fingerprint density at radius 3 is 2.83 bits per heavy atom. The molecule has 2 atom stereocenters. The van der Waals surface area contributed by atoms with Crippen molar-refractivity contribution in [2.75, 3.05) is 33.3 Å². The van der Waals surface area contributed by atoms with Gasteiger partial charge in [0.25, 0.3) is 0 Å². The van der Waals surface area contributed by atoms with Gasteiger partial charge < -0.3 is 25.4 Å². The molecule has 1 rings (SSSR count). The number of carboxylic acids is 1. The standard InChI is InChI=1S/C11H21N3O4/c1-3-9(10(15)16)13-11(17)12-6-8-7-14(2)4-5-18-8/h8-9H,3-7H2,1-2H3,(H,15,16)(H2,12,13,17)/t8?,9-/m0/s1. The van der Waals surface area contributed by atoms with Crippen molar-refractivity contribution >= 4 is 12.0 Å². The molecule has 104 valence electrons. The van der Waals surface area contributed by atoms with E-state index in [0.29, 0.717) is 19.6 Å². The molecule has 7 nitrogen and oxygen atoms in total. The maximum atomic E-state index is 11.5. The highest BCUT2D eigenvalue weighted by Crippen LogP contribution is 2.01. The van der Waals surface area contributed by atoms with Crippen molar-refractivity contribution in [1.29, 1.82) is 0 Å². The van der Waals surface area contributed by atoms with Crippen molar-refractivity contribution in [3.63, 3.8) is 0 Å². The fraction of sp³-hybridized carbons (Fsp3) is 0.818. The highest BCUT2D eigenvalue weighted by Gasteiger charge is 2.20. The van der Waals surface area contributed by atoms with Crippen molar-refractivity contribution in [3.8, 4) is 0 Å². The first-order valence-electron chi connectivity index (χ1n) is 6.10. The minimum atomic E-state index is -1.03. The van der Waals surface area contributed by atoms with E-state index >= 15 is 0 Å². The summed E-state index contributed by atoms with van der Waals surface area (Å²) >= 11 is 0. The van der Waals surface area contributed by atoms with Crippen LogP contribution in [0.5, 0.6) is 0 Å². The summed E-state index contributed by atoms with van der Waals surface area (Å²) in [6.45, 7) is 4.39. The lowest BCUT2D eigenvalue weighted by Crippen LogP contribution is -2.50. The number of rotatable bonds is 5. The summed E-state index contributed by atoms with van der Waals surface area (Å²) < 4.78 is 5.48. The maximum Gasteiger partial charge on any atom is 0.326 e. The molecule has 0 bridgehead atoms. The Bertz CT molecular complexity index is 298. The number of carboxylic acid groups (broad SMARTS) is 1. The van der Waals surface area contributed by atoms with E-state index in [2.05, 4.69) is 15.5 Å². The molecule has 1 heterocycles. The first-order valence-corrected chi connectivity index (χ1v) is 6.10. The Morgan fingerprint density at radius 1 is 1.56 bits per heavy atom. The van der Waals surface area contributed by atoms with Crippen LogP contribution in [0.1, 0.15) is 13.3 Å². The minimum Gasteiger partial charge on any atom is -0.480 e. The Balaban J connectivity index is 2.25. The molecule has 0 radical (unpaired) electrons. The number of nitrogens with zero attached hydrogens (tertiary/aromatic N) is 1. The number of ether oxygens (including phenoxy) is 1. The fourth-order valence-electron chi connectivity index (χ4n) is 1.74. The van der Waals surface area contributed by atoms with Crippen LogP contribution >= 0.6 is 0 Å². The van der Waals surface area contributed by atoms with Crippen molar-refractivity contribution in [2.24, 2.45) is 0 Å². The SMILES string of the molecule is CC[C@H](NC(=O)NCC1CN(C)CCO1)C(=O)O. The first-order chi connectivity index (χ1) is 8.52. The van der Waals surface area contributed by atoms with E-state index < -0.39 is 18.0 Å². The number of likely N-dealkylation sites (N-methyl/N-ethyl adjacent to an activating group) is 1. The Morgan fingerprint density at radius 2 is 2.28 bits per heavy atom. The van der Waals surface area contributed by atoms with E-state index in [0.717, 1.165) is 13.1 Å². The molecular formula is C11H21N3O4. The molecule has 1 fully saturated rings. The van der Waals surface area contributed by atoms with Crippen LogP contribution in [-0.2, 0) is 9.53 Å². The topological polar surface area (TPSA) is 90.9 Å². The van der Waals surface area contributed by atoms with Crippen LogP contribution in [-0.4, -0.2) is 67.4 Å². The second kappa shape index (κ2) is 7.17. The number of morpholine rings is 1. The highest BCUT2D eigenvalue weighted by atomic mass is 16.5. The largest absolute Gasteiger partial charge is 0.480 e. The molecular weight excluding hydrogens is 238 g/mol. The number of carbonyl (C=O) groups is 2. The van der Waals surface area contributed by atoms with E-state index in [9.17, 15) is 9.59 Å². The van der Waals surface area contributed by atoms with E-state index in [1.165, 1.54) is 0 Å². The monoisotopic (exact) mass is 259 g/mol. The van der Waals surface area contributed by atoms with Gasteiger partial charge in [-0.2, -0.15) is 0 Å². The summed E-state index contributed by atoms with van der Waals surface area (Å²) in [5.74, 6) is -1.03. The molecule has 2 amide bonds. The Hall–Kier alpha value is -1.34. The average Bonchev–Trinajstić information content (AvgIpc) is 2.33. The summed E-state index contributed by atoms with van der Waals surface area (Å²) in [5.41, 5.74) is 0. The molecule has 3 N–H and O–H groups in total. The molecule has 0 aromatic heterocycles. The zero-order chi connectivity index (χ0) is 13.5. The van der Waals surface area contributed by atoms with Crippen molar-refractivity contribution in [3.05, 3.63) is 0 Å². The molecule has 1 aliphatic heterocycles. The Kier molecular flexibility index (Phi) is 5.87. The second-order valence-electron chi connectivity index (χ2n) is 4.41. The predicted molar refractivity (Wildman–Crippen MR) is 65.5 cm³/mol. The summed E-state index contributed by atoms with van der Waals surface area (Å²) in [5, 5.41) is 13.8. The van der Waals surface area contributed by atoms with Crippen LogP contribution in [0.2, 0.25) is 0 Å². The smallest absolute Gasteiger partial charge is 0.326 e. The minimum absolute atomic E-state index is 0.0422.